The van der Waals surface area contributed by atoms with Crippen molar-refractivity contribution < 1.29 is 19.4 Å². The van der Waals surface area contributed by atoms with Gasteiger partial charge in [0.25, 0.3) is 0 Å². The minimum Gasteiger partial charge on any atom is -0.480 e. The van der Waals surface area contributed by atoms with Crippen LogP contribution < -0.4 is 0 Å². The second kappa shape index (κ2) is 7.22. The Bertz CT molecular complexity index is 480. The van der Waals surface area contributed by atoms with E-state index in [1.54, 1.807) is 6.92 Å². The van der Waals surface area contributed by atoms with Crippen LogP contribution in [-0.2, 0) is 14.3 Å². The first-order valence-corrected chi connectivity index (χ1v) is 7.32. The van der Waals surface area contributed by atoms with E-state index in [9.17, 15) is 14.7 Å². The molecule has 0 amide bonds. The summed E-state index contributed by atoms with van der Waals surface area (Å²) in [6.07, 6.45) is 1.30. The molecule has 21 heavy (non-hydrogen) atoms. The number of piperidine rings is 1. The molecule has 1 aromatic carbocycles. The summed E-state index contributed by atoms with van der Waals surface area (Å²) in [4.78, 5) is 25.2. The van der Waals surface area contributed by atoms with Gasteiger partial charge in [-0.05, 0) is 25.3 Å². The number of carboxylic acids is 1. The van der Waals surface area contributed by atoms with Gasteiger partial charge in [-0.2, -0.15) is 0 Å². The molecule has 1 fully saturated rings. The third-order valence-corrected chi connectivity index (χ3v) is 3.86. The van der Waals surface area contributed by atoms with Crippen molar-refractivity contribution in [2.75, 3.05) is 19.7 Å². The van der Waals surface area contributed by atoms with Gasteiger partial charge in [0.05, 0.1) is 12.5 Å². The molecule has 0 radical (unpaired) electrons. The average molecular weight is 291 g/mol. The lowest BCUT2D eigenvalue weighted by molar-refractivity contribution is -0.150. The Morgan fingerprint density at radius 2 is 1.90 bits per heavy atom. The number of esters is 1. The molecule has 1 aliphatic heterocycles. The van der Waals surface area contributed by atoms with Crippen molar-refractivity contribution in [2.45, 2.75) is 25.8 Å². The van der Waals surface area contributed by atoms with Gasteiger partial charge in [0, 0.05) is 13.1 Å². The molecule has 0 saturated carbocycles. The van der Waals surface area contributed by atoms with E-state index in [4.69, 9.17) is 4.74 Å². The Labute approximate surface area is 124 Å². The predicted molar refractivity (Wildman–Crippen MR) is 77.7 cm³/mol. The van der Waals surface area contributed by atoms with Crippen molar-refractivity contribution in [1.82, 2.24) is 4.90 Å². The van der Waals surface area contributed by atoms with Crippen molar-refractivity contribution in [3.8, 4) is 0 Å². The summed E-state index contributed by atoms with van der Waals surface area (Å²) in [6.45, 7) is 3.37. The van der Waals surface area contributed by atoms with Crippen molar-refractivity contribution >= 4 is 11.9 Å². The van der Waals surface area contributed by atoms with E-state index in [1.807, 2.05) is 35.2 Å². The molecule has 1 atom stereocenters. The highest BCUT2D eigenvalue weighted by molar-refractivity contribution is 5.76. The van der Waals surface area contributed by atoms with Crippen LogP contribution in [-0.4, -0.2) is 41.6 Å². The van der Waals surface area contributed by atoms with Gasteiger partial charge in [0.2, 0.25) is 0 Å². The van der Waals surface area contributed by atoms with Crippen molar-refractivity contribution in [3.63, 3.8) is 0 Å². The van der Waals surface area contributed by atoms with Crippen LogP contribution in [0.5, 0.6) is 0 Å². The molecule has 1 heterocycles. The van der Waals surface area contributed by atoms with Gasteiger partial charge in [-0.1, -0.05) is 30.3 Å². The number of ether oxygens (including phenoxy) is 1. The zero-order chi connectivity index (χ0) is 15.2. The molecule has 1 aliphatic rings. The predicted octanol–water partition coefficient (Wildman–Crippen LogP) is 2.09. The number of aliphatic carboxylic acids is 1. The summed E-state index contributed by atoms with van der Waals surface area (Å²) in [5, 5.41) is 9.50. The monoisotopic (exact) mass is 291 g/mol. The molecule has 2 rings (SSSR count). The van der Waals surface area contributed by atoms with Gasteiger partial charge in [-0.25, -0.2) is 0 Å². The zero-order valence-corrected chi connectivity index (χ0v) is 12.2. The highest BCUT2D eigenvalue weighted by Gasteiger charge is 2.33. The lowest BCUT2D eigenvalue weighted by atomic mass is 9.94. The summed E-state index contributed by atoms with van der Waals surface area (Å²) in [7, 11) is 0. The van der Waals surface area contributed by atoms with Gasteiger partial charge in [-0.15, -0.1) is 0 Å². The number of rotatable bonds is 5. The Morgan fingerprint density at radius 3 is 2.43 bits per heavy atom. The van der Waals surface area contributed by atoms with Crippen LogP contribution in [0.25, 0.3) is 0 Å². The SMILES string of the molecule is CCOC(=O)C1CCN(C(C(=O)O)c2ccccc2)CC1. The number of hydrogen-bond acceptors (Lipinski definition) is 4. The maximum absolute atomic E-state index is 11.7. The standard InChI is InChI=1S/C16H21NO4/c1-2-21-16(20)13-8-10-17(11-9-13)14(15(18)19)12-6-4-3-5-7-12/h3-7,13-14H,2,8-11H2,1H3,(H,18,19). The molecule has 0 bridgehead atoms. The average Bonchev–Trinajstić information content (AvgIpc) is 2.49. The van der Waals surface area contributed by atoms with Gasteiger partial charge in [0.15, 0.2) is 0 Å². The minimum atomic E-state index is -0.851. The number of likely N-dealkylation sites (tertiary alicyclic amines) is 1. The van der Waals surface area contributed by atoms with Crippen LogP contribution in [0.15, 0.2) is 30.3 Å². The Balaban J connectivity index is 2.02. The zero-order valence-electron chi connectivity index (χ0n) is 12.2. The topological polar surface area (TPSA) is 66.8 Å². The first kappa shape index (κ1) is 15.5. The summed E-state index contributed by atoms with van der Waals surface area (Å²) >= 11 is 0. The normalized spacial score (nSPS) is 18.1. The second-order valence-electron chi connectivity index (χ2n) is 5.21. The van der Waals surface area contributed by atoms with Gasteiger partial charge >= 0.3 is 11.9 Å². The summed E-state index contributed by atoms with van der Waals surface area (Å²) in [5.41, 5.74) is 0.777. The van der Waals surface area contributed by atoms with E-state index in [-0.39, 0.29) is 11.9 Å². The van der Waals surface area contributed by atoms with Crippen molar-refractivity contribution in [3.05, 3.63) is 35.9 Å². The number of carbonyl (C=O) groups is 2. The molecule has 0 spiro atoms. The van der Waals surface area contributed by atoms with E-state index in [1.165, 1.54) is 0 Å². The molecule has 5 nitrogen and oxygen atoms in total. The molecular weight excluding hydrogens is 270 g/mol. The first-order valence-electron chi connectivity index (χ1n) is 7.32. The maximum atomic E-state index is 11.7. The molecule has 1 N–H and O–H groups in total. The second-order valence-corrected chi connectivity index (χ2v) is 5.21. The van der Waals surface area contributed by atoms with Crippen LogP contribution in [0.1, 0.15) is 31.4 Å². The Hall–Kier alpha value is -1.88. The van der Waals surface area contributed by atoms with Gasteiger partial charge < -0.3 is 9.84 Å². The molecule has 1 saturated heterocycles. The van der Waals surface area contributed by atoms with Crippen molar-refractivity contribution in [2.24, 2.45) is 5.92 Å². The third-order valence-electron chi connectivity index (χ3n) is 3.86. The number of nitrogens with zero attached hydrogens (tertiary/aromatic N) is 1. The van der Waals surface area contributed by atoms with E-state index in [0.29, 0.717) is 32.5 Å². The summed E-state index contributed by atoms with van der Waals surface area (Å²) in [6, 6.07) is 8.57. The fourth-order valence-corrected chi connectivity index (χ4v) is 2.80. The molecule has 5 heteroatoms. The van der Waals surface area contributed by atoms with Gasteiger partial charge in [0.1, 0.15) is 6.04 Å². The van der Waals surface area contributed by atoms with Crippen molar-refractivity contribution in [1.29, 1.82) is 0 Å². The minimum absolute atomic E-state index is 0.105. The molecule has 1 aromatic rings. The number of benzene rings is 1. The largest absolute Gasteiger partial charge is 0.480 e. The summed E-state index contributed by atoms with van der Waals surface area (Å²) in [5.74, 6) is -1.12. The Morgan fingerprint density at radius 1 is 1.29 bits per heavy atom. The van der Waals surface area contributed by atoms with E-state index < -0.39 is 12.0 Å². The number of carbonyl (C=O) groups excluding carboxylic acids is 1. The summed E-state index contributed by atoms with van der Waals surface area (Å²) < 4.78 is 5.04. The van der Waals surface area contributed by atoms with Gasteiger partial charge in [-0.3, -0.25) is 14.5 Å². The molecular formula is C16H21NO4. The third kappa shape index (κ3) is 3.82. The fraction of sp³-hybridized carbons (Fsp3) is 0.500. The smallest absolute Gasteiger partial charge is 0.325 e. The number of hydrogen-bond donors (Lipinski definition) is 1. The highest BCUT2D eigenvalue weighted by atomic mass is 16.5. The van der Waals surface area contributed by atoms with E-state index in [0.717, 1.165) is 5.56 Å². The van der Waals surface area contributed by atoms with E-state index in [2.05, 4.69) is 0 Å². The molecule has 0 aliphatic carbocycles. The van der Waals surface area contributed by atoms with Crippen LogP contribution in [0.3, 0.4) is 0 Å². The lowest BCUT2D eigenvalue weighted by Gasteiger charge is -2.34. The quantitative estimate of drug-likeness (QED) is 0.841. The molecule has 1 unspecified atom stereocenters. The van der Waals surface area contributed by atoms with Crippen LogP contribution in [0, 0.1) is 5.92 Å². The highest BCUT2D eigenvalue weighted by Crippen LogP contribution is 2.27. The van der Waals surface area contributed by atoms with Crippen LogP contribution >= 0.6 is 0 Å². The Kier molecular flexibility index (Phi) is 5.33. The molecule has 0 aromatic heterocycles. The molecule has 114 valence electrons. The van der Waals surface area contributed by atoms with Crippen LogP contribution in [0.4, 0.5) is 0 Å². The van der Waals surface area contributed by atoms with E-state index >= 15 is 0 Å². The first-order chi connectivity index (χ1) is 10.1. The lowest BCUT2D eigenvalue weighted by Crippen LogP contribution is -2.41. The number of carboxylic acid groups (broad SMARTS) is 1. The fourth-order valence-electron chi connectivity index (χ4n) is 2.80. The maximum Gasteiger partial charge on any atom is 0.325 e. The van der Waals surface area contributed by atoms with Crippen LogP contribution in [0.2, 0.25) is 0 Å².